The molecule has 4 rings (SSSR count). The number of nitrogens with zero attached hydrogens (tertiary/aromatic N) is 1. The molecule has 1 aliphatic heterocycles. The molecular formula is C17H11ClN2O2. The van der Waals surface area contributed by atoms with Gasteiger partial charge in [-0.25, -0.2) is 0 Å². The minimum atomic E-state index is -1.03. The Hall–Kier alpha value is -2.46. The molecule has 2 atom stereocenters. The second kappa shape index (κ2) is 4.52. The third-order valence-corrected chi connectivity index (χ3v) is 4.63. The average Bonchev–Trinajstić information content (AvgIpc) is 2.80. The highest BCUT2D eigenvalue weighted by molar-refractivity contribution is 6.35. The van der Waals surface area contributed by atoms with Gasteiger partial charge in [-0.2, -0.15) is 0 Å². The summed E-state index contributed by atoms with van der Waals surface area (Å²) >= 11 is 6.21. The predicted molar refractivity (Wildman–Crippen MR) is 83.4 cm³/mol. The van der Waals surface area contributed by atoms with E-state index >= 15 is 0 Å². The zero-order valence-corrected chi connectivity index (χ0v) is 12.2. The van der Waals surface area contributed by atoms with Crippen LogP contribution < -0.4 is 5.32 Å². The lowest BCUT2D eigenvalue weighted by molar-refractivity contribution is -0.126. The quantitative estimate of drug-likeness (QED) is 0.823. The molecule has 22 heavy (non-hydrogen) atoms. The van der Waals surface area contributed by atoms with Crippen LogP contribution in [0.3, 0.4) is 0 Å². The molecule has 1 N–H and O–H groups in total. The highest BCUT2D eigenvalue weighted by atomic mass is 35.5. The number of nitrogens with one attached hydrogen (secondary N) is 1. The Labute approximate surface area is 131 Å². The maximum absolute atomic E-state index is 12.6. The minimum absolute atomic E-state index is 0.280. The molecule has 108 valence electrons. The van der Waals surface area contributed by atoms with Crippen LogP contribution in [-0.4, -0.2) is 16.8 Å². The third-order valence-electron chi connectivity index (χ3n) is 4.33. The molecule has 0 saturated carbocycles. The Bertz CT molecular complexity index is 887. The van der Waals surface area contributed by atoms with Gasteiger partial charge in [-0.05, 0) is 17.7 Å². The minimum Gasteiger partial charge on any atom is -0.295 e. The molecule has 1 aromatic heterocycles. The number of aromatic nitrogens is 1. The number of benzene rings is 1. The lowest BCUT2D eigenvalue weighted by atomic mass is 9.69. The molecule has 0 radical (unpaired) electrons. The summed E-state index contributed by atoms with van der Waals surface area (Å²) in [6.07, 6.45) is 8.76. The first-order valence-electron chi connectivity index (χ1n) is 6.89. The van der Waals surface area contributed by atoms with Crippen molar-refractivity contribution in [3.05, 3.63) is 65.4 Å². The topological polar surface area (TPSA) is 59.1 Å². The summed E-state index contributed by atoms with van der Waals surface area (Å²) in [4.78, 5) is 29.0. The molecule has 4 nitrogen and oxygen atoms in total. The van der Waals surface area contributed by atoms with Gasteiger partial charge in [0.15, 0.2) is 0 Å². The molecule has 1 fully saturated rings. The molecule has 2 heterocycles. The fourth-order valence-corrected chi connectivity index (χ4v) is 3.55. The van der Waals surface area contributed by atoms with Gasteiger partial charge in [-0.3, -0.25) is 19.9 Å². The van der Waals surface area contributed by atoms with Crippen molar-refractivity contribution in [2.45, 2.75) is 5.41 Å². The largest absolute Gasteiger partial charge is 0.295 e. The van der Waals surface area contributed by atoms with Gasteiger partial charge in [0, 0.05) is 11.6 Å². The van der Waals surface area contributed by atoms with Crippen molar-refractivity contribution in [1.82, 2.24) is 10.3 Å². The molecule has 0 bridgehead atoms. The normalized spacial score (nSPS) is 26.3. The second-order valence-electron chi connectivity index (χ2n) is 5.40. The van der Waals surface area contributed by atoms with Gasteiger partial charge < -0.3 is 0 Å². The molecule has 1 aliphatic carbocycles. The van der Waals surface area contributed by atoms with E-state index in [2.05, 4.69) is 10.3 Å². The molecule has 5 heteroatoms. The van der Waals surface area contributed by atoms with Crippen LogP contribution in [0.1, 0.15) is 5.56 Å². The van der Waals surface area contributed by atoms with Gasteiger partial charge in [0.1, 0.15) is 5.41 Å². The van der Waals surface area contributed by atoms with Crippen LogP contribution in [0.2, 0.25) is 5.02 Å². The number of para-hydroxylation sites is 1. The fourth-order valence-electron chi connectivity index (χ4n) is 3.32. The number of hydrogen-bond donors (Lipinski definition) is 1. The number of rotatable bonds is 1. The lowest BCUT2D eigenvalue weighted by Gasteiger charge is -2.29. The number of amides is 2. The highest BCUT2D eigenvalue weighted by Crippen LogP contribution is 2.44. The first-order valence-corrected chi connectivity index (χ1v) is 7.27. The van der Waals surface area contributed by atoms with Crippen molar-refractivity contribution < 1.29 is 9.59 Å². The van der Waals surface area contributed by atoms with Crippen molar-refractivity contribution in [2.75, 3.05) is 0 Å². The predicted octanol–water partition coefficient (Wildman–Crippen LogP) is 2.52. The maximum Gasteiger partial charge on any atom is 0.242 e. The van der Waals surface area contributed by atoms with E-state index in [1.807, 2.05) is 12.1 Å². The van der Waals surface area contributed by atoms with Crippen molar-refractivity contribution in [1.29, 1.82) is 0 Å². The van der Waals surface area contributed by atoms with Crippen LogP contribution in [0, 0.1) is 5.92 Å². The van der Waals surface area contributed by atoms with E-state index < -0.39 is 11.3 Å². The number of pyridine rings is 1. The van der Waals surface area contributed by atoms with Gasteiger partial charge in [-0.15, -0.1) is 0 Å². The summed E-state index contributed by atoms with van der Waals surface area (Å²) in [5.74, 6) is -1.14. The third kappa shape index (κ3) is 1.56. The van der Waals surface area contributed by atoms with Crippen LogP contribution in [0.4, 0.5) is 0 Å². The van der Waals surface area contributed by atoms with Crippen molar-refractivity contribution in [3.63, 3.8) is 0 Å². The van der Waals surface area contributed by atoms with E-state index in [1.54, 1.807) is 42.6 Å². The number of allylic oxidation sites excluding steroid dienone is 2. The molecule has 0 spiro atoms. The van der Waals surface area contributed by atoms with E-state index in [1.165, 1.54) is 0 Å². The Kier molecular flexibility index (Phi) is 2.71. The fraction of sp³-hybridized carbons (Fsp3) is 0.118. The average molecular weight is 311 g/mol. The highest BCUT2D eigenvalue weighted by Gasteiger charge is 2.54. The molecule has 2 aliphatic rings. The summed E-state index contributed by atoms with van der Waals surface area (Å²) in [6, 6.07) is 7.23. The van der Waals surface area contributed by atoms with E-state index in [4.69, 9.17) is 11.6 Å². The van der Waals surface area contributed by atoms with Crippen LogP contribution in [0.25, 0.3) is 10.9 Å². The number of carbonyl (C=O) groups excluding carboxylic acids is 2. The summed E-state index contributed by atoms with van der Waals surface area (Å²) in [5, 5.41) is 3.75. The molecule has 2 aromatic rings. The van der Waals surface area contributed by atoms with Crippen molar-refractivity contribution in [3.8, 4) is 0 Å². The zero-order valence-electron chi connectivity index (χ0n) is 11.4. The Morgan fingerprint density at radius 2 is 2.05 bits per heavy atom. The maximum atomic E-state index is 12.6. The van der Waals surface area contributed by atoms with Crippen LogP contribution >= 0.6 is 11.6 Å². The van der Waals surface area contributed by atoms with E-state index in [0.717, 1.165) is 10.9 Å². The molecule has 2 amide bonds. The molecule has 1 saturated heterocycles. The molecule has 1 aromatic carbocycles. The summed E-state index contributed by atoms with van der Waals surface area (Å²) in [6.45, 7) is 0. The van der Waals surface area contributed by atoms with Gasteiger partial charge in [-0.1, -0.05) is 48.0 Å². The summed E-state index contributed by atoms with van der Waals surface area (Å²) in [7, 11) is 0. The zero-order chi connectivity index (χ0) is 15.3. The smallest absolute Gasteiger partial charge is 0.242 e. The number of halogens is 1. The number of fused-ring (bicyclic) bond motifs is 2. The Morgan fingerprint density at radius 3 is 2.91 bits per heavy atom. The lowest BCUT2D eigenvalue weighted by Crippen LogP contribution is -2.38. The first-order chi connectivity index (χ1) is 10.6. The first kappa shape index (κ1) is 13.2. The standard InChI is InChI=1S/C17H11ClN2O2/c18-13-6-3-4-10-11(7-9-19-14(10)13)17-8-2-1-5-12(17)15(21)20-16(17)22/h1-9,12H,(H,20,21,22). The number of hydrogen-bond acceptors (Lipinski definition) is 3. The number of imide groups is 1. The van der Waals surface area contributed by atoms with Crippen molar-refractivity contribution in [2.24, 2.45) is 5.92 Å². The van der Waals surface area contributed by atoms with Gasteiger partial charge in [0.05, 0.1) is 16.5 Å². The SMILES string of the molecule is O=C1NC(=O)C2(c3ccnc4c(Cl)cccc34)C=CC=CC12. The van der Waals surface area contributed by atoms with E-state index in [9.17, 15) is 9.59 Å². The summed E-state index contributed by atoms with van der Waals surface area (Å²) < 4.78 is 0. The van der Waals surface area contributed by atoms with Crippen molar-refractivity contribution >= 4 is 34.3 Å². The molecular weight excluding hydrogens is 300 g/mol. The monoisotopic (exact) mass is 310 g/mol. The van der Waals surface area contributed by atoms with Crippen LogP contribution in [0.15, 0.2) is 54.8 Å². The summed E-state index contributed by atoms with van der Waals surface area (Å²) in [5.41, 5.74) is 0.344. The second-order valence-corrected chi connectivity index (χ2v) is 5.81. The van der Waals surface area contributed by atoms with Gasteiger partial charge in [0.2, 0.25) is 11.8 Å². The number of carbonyl (C=O) groups is 2. The van der Waals surface area contributed by atoms with Crippen LogP contribution in [-0.2, 0) is 15.0 Å². The van der Waals surface area contributed by atoms with Gasteiger partial charge in [0.25, 0.3) is 0 Å². The molecule has 2 unspecified atom stereocenters. The van der Waals surface area contributed by atoms with Gasteiger partial charge >= 0.3 is 0 Å². The van der Waals surface area contributed by atoms with E-state index in [0.29, 0.717) is 10.5 Å². The van der Waals surface area contributed by atoms with Crippen LogP contribution in [0.5, 0.6) is 0 Å². The Balaban J connectivity index is 2.08. The van der Waals surface area contributed by atoms with E-state index in [-0.39, 0.29) is 11.8 Å². The Morgan fingerprint density at radius 1 is 1.18 bits per heavy atom.